The molecule has 0 aromatic carbocycles. The van der Waals surface area contributed by atoms with Crippen LogP contribution >= 0.6 is 24.0 Å². The van der Waals surface area contributed by atoms with E-state index in [2.05, 4.69) is 10.2 Å². The summed E-state index contributed by atoms with van der Waals surface area (Å²) >= 11 is 0. The summed E-state index contributed by atoms with van der Waals surface area (Å²) in [6.45, 7) is 2.96. The molecule has 0 bridgehead atoms. The molecule has 0 aromatic heterocycles. The molecule has 3 atom stereocenters. The van der Waals surface area contributed by atoms with E-state index < -0.39 is 9.84 Å². The number of guanidine groups is 1. The number of fused-ring (bicyclic) bond motifs is 1. The molecule has 2 saturated carbocycles. The molecule has 4 fully saturated rings. The number of hydrogen-bond donors (Lipinski definition) is 1. The molecular weight excluding hydrogens is 461 g/mol. The molecule has 2 heterocycles. The normalized spacial score (nSPS) is 34.5. The van der Waals surface area contributed by atoms with Gasteiger partial charge in [0.15, 0.2) is 15.8 Å². The van der Waals surface area contributed by atoms with Gasteiger partial charge in [-0.2, -0.15) is 0 Å². The van der Waals surface area contributed by atoms with Crippen molar-refractivity contribution in [3.05, 3.63) is 0 Å². The number of nitrogens with one attached hydrogen (secondary N) is 1. The van der Waals surface area contributed by atoms with Crippen LogP contribution in [-0.2, 0) is 9.84 Å². The van der Waals surface area contributed by atoms with Crippen LogP contribution < -0.4 is 5.32 Å². The number of rotatable bonds is 3. The van der Waals surface area contributed by atoms with Gasteiger partial charge in [-0.1, -0.05) is 25.7 Å². The molecule has 0 spiro atoms. The van der Waals surface area contributed by atoms with E-state index in [9.17, 15) is 8.42 Å². The predicted molar refractivity (Wildman–Crippen MR) is 117 cm³/mol. The summed E-state index contributed by atoms with van der Waals surface area (Å²) in [5.41, 5.74) is 0. The Bertz CT molecular complexity index is 590. The first kappa shape index (κ1) is 20.7. The van der Waals surface area contributed by atoms with Gasteiger partial charge < -0.3 is 10.2 Å². The van der Waals surface area contributed by atoms with Crippen molar-refractivity contribution in [1.82, 2.24) is 10.2 Å². The van der Waals surface area contributed by atoms with Crippen molar-refractivity contribution in [3.63, 3.8) is 0 Å². The zero-order valence-electron chi connectivity index (χ0n) is 15.7. The first-order chi connectivity index (χ1) is 12.1. The third-order valence-corrected chi connectivity index (χ3v) is 8.63. The van der Waals surface area contributed by atoms with Gasteiger partial charge in [-0.25, -0.2) is 8.42 Å². The SMILES string of the molecule is I.O=S1(=O)CCC(CN=C(NC2CCCC2)N2CC3CCCCC3C2)C1. The summed E-state index contributed by atoms with van der Waals surface area (Å²) < 4.78 is 23.4. The lowest BCUT2D eigenvalue weighted by Gasteiger charge is -2.25. The van der Waals surface area contributed by atoms with Crippen molar-refractivity contribution in [3.8, 4) is 0 Å². The third kappa shape index (κ3) is 5.06. The summed E-state index contributed by atoms with van der Waals surface area (Å²) in [5, 5.41) is 3.74. The lowest BCUT2D eigenvalue weighted by molar-refractivity contribution is 0.299. The highest BCUT2D eigenvalue weighted by Gasteiger charge is 2.36. The molecule has 26 heavy (non-hydrogen) atoms. The monoisotopic (exact) mass is 495 g/mol. The molecule has 0 aromatic rings. The van der Waals surface area contributed by atoms with Crippen LogP contribution in [-0.4, -0.2) is 56.5 Å². The summed E-state index contributed by atoms with van der Waals surface area (Å²) in [6, 6.07) is 0.564. The molecule has 150 valence electrons. The minimum atomic E-state index is -2.81. The molecule has 2 aliphatic heterocycles. The van der Waals surface area contributed by atoms with Crippen LogP contribution in [0.3, 0.4) is 0 Å². The summed E-state index contributed by atoms with van der Waals surface area (Å²) in [7, 11) is -2.81. The Hall–Kier alpha value is -0.0500. The van der Waals surface area contributed by atoms with Crippen LogP contribution in [0.4, 0.5) is 0 Å². The Morgan fingerprint density at radius 1 is 0.962 bits per heavy atom. The van der Waals surface area contributed by atoms with Gasteiger partial charge in [-0.05, 0) is 49.9 Å². The van der Waals surface area contributed by atoms with Gasteiger partial charge in [0.2, 0.25) is 0 Å². The number of sulfone groups is 1. The third-order valence-electron chi connectivity index (χ3n) is 6.79. The van der Waals surface area contributed by atoms with Crippen molar-refractivity contribution in [2.45, 2.75) is 63.8 Å². The second-order valence-corrected chi connectivity index (χ2v) is 11.0. The van der Waals surface area contributed by atoms with E-state index in [1.807, 2.05) is 0 Å². The smallest absolute Gasteiger partial charge is 0.194 e. The van der Waals surface area contributed by atoms with E-state index in [1.54, 1.807) is 0 Å². The highest BCUT2D eigenvalue weighted by atomic mass is 127. The first-order valence-corrected chi connectivity index (χ1v) is 12.2. The highest BCUT2D eigenvalue weighted by Crippen LogP contribution is 2.36. The van der Waals surface area contributed by atoms with Crippen molar-refractivity contribution in [2.75, 3.05) is 31.1 Å². The van der Waals surface area contributed by atoms with E-state index in [0.29, 0.717) is 24.1 Å². The van der Waals surface area contributed by atoms with Gasteiger partial charge in [-0.3, -0.25) is 4.99 Å². The van der Waals surface area contributed by atoms with Crippen LogP contribution in [0.25, 0.3) is 0 Å². The fraction of sp³-hybridized carbons (Fsp3) is 0.947. The van der Waals surface area contributed by atoms with Crippen LogP contribution in [0.1, 0.15) is 57.8 Å². The maximum Gasteiger partial charge on any atom is 0.194 e. The molecular formula is C19H34IN3O2S. The molecule has 0 radical (unpaired) electrons. The summed E-state index contributed by atoms with van der Waals surface area (Å²) in [4.78, 5) is 7.43. The van der Waals surface area contributed by atoms with Gasteiger partial charge in [-0.15, -0.1) is 24.0 Å². The quantitative estimate of drug-likeness (QED) is 0.372. The second kappa shape index (κ2) is 8.97. The number of halogens is 1. The zero-order chi connectivity index (χ0) is 17.3. The lowest BCUT2D eigenvalue weighted by atomic mass is 9.82. The van der Waals surface area contributed by atoms with E-state index in [-0.39, 0.29) is 29.9 Å². The molecule has 7 heteroatoms. The van der Waals surface area contributed by atoms with E-state index in [4.69, 9.17) is 4.99 Å². The van der Waals surface area contributed by atoms with Gasteiger partial charge >= 0.3 is 0 Å². The molecule has 2 aliphatic carbocycles. The maximum absolute atomic E-state index is 11.7. The number of aliphatic imine (C=N–C) groups is 1. The fourth-order valence-corrected chi connectivity index (χ4v) is 7.15. The molecule has 0 amide bonds. The van der Waals surface area contributed by atoms with Crippen molar-refractivity contribution < 1.29 is 8.42 Å². The minimum Gasteiger partial charge on any atom is -0.354 e. The highest BCUT2D eigenvalue weighted by molar-refractivity contribution is 14.0. The Morgan fingerprint density at radius 3 is 2.15 bits per heavy atom. The first-order valence-electron chi connectivity index (χ1n) is 10.4. The van der Waals surface area contributed by atoms with Gasteiger partial charge in [0.25, 0.3) is 0 Å². The fourth-order valence-electron chi connectivity index (χ4n) is 5.30. The van der Waals surface area contributed by atoms with E-state index >= 15 is 0 Å². The molecule has 1 N–H and O–H groups in total. The molecule has 4 aliphatic rings. The van der Waals surface area contributed by atoms with Crippen LogP contribution in [0.15, 0.2) is 4.99 Å². The Morgan fingerprint density at radius 2 is 1.58 bits per heavy atom. The van der Waals surface area contributed by atoms with E-state index in [1.165, 1.54) is 51.4 Å². The number of hydrogen-bond acceptors (Lipinski definition) is 3. The molecule has 3 unspecified atom stereocenters. The van der Waals surface area contributed by atoms with Crippen molar-refractivity contribution in [1.29, 1.82) is 0 Å². The number of likely N-dealkylation sites (tertiary alicyclic amines) is 1. The van der Waals surface area contributed by atoms with Crippen molar-refractivity contribution in [2.24, 2.45) is 22.7 Å². The van der Waals surface area contributed by atoms with Gasteiger partial charge in [0.05, 0.1) is 11.5 Å². The topological polar surface area (TPSA) is 61.8 Å². The van der Waals surface area contributed by atoms with Crippen molar-refractivity contribution >= 4 is 39.8 Å². The molecule has 4 rings (SSSR count). The Balaban J connectivity index is 0.00000196. The lowest BCUT2D eigenvalue weighted by Crippen LogP contribution is -2.44. The maximum atomic E-state index is 11.7. The van der Waals surface area contributed by atoms with Gasteiger partial charge in [0, 0.05) is 25.7 Å². The predicted octanol–water partition coefficient (Wildman–Crippen LogP) is 3.05. The van der Waals surface area contributed by atoms with E-state index in [0.717, 1.165) is 37.3 Å². The summed E-state index contributed by atoms with van der Waals surface area (Å²) in [6.07, 6.45) is 11.4. The largest absolute Gasteiger partial charge is 0.354 e. The Kier molecular flexibility index (Phi) is 7.13. The summed E-state index contributed by atoms with van der Waals surface area (Å²) in [5.74, 6) is 3.67. The minimum absolute atomic E-state index is 0. The van der Waals surface area contributed by atoms with Crippen LogP contribution in [0.2, 0.25) is 0 Å². The average Bonchev–Trinajstić information content (AvgIpc) is 3.30. The van der Waals surface area contributed by atoms with Crippen LogP contribution in [0.5, 0.6) is 0 Å². The van der Waals surface area contributed by atoms with Crippen LogP contribution in [0, 0.1) is 17.8 Å². The number of nitrogens with zero attached hydrogens (tertiary/aromatic N) is 2. The standard InChI is InChI=1S/C19H33N3O2S.HI/c23-25(24)10-9-15(14-25)11-20-19(21-18-7-3-4-8-18)22-12-16-5-1-2-6-17(16)13-22;/h15-18H,1-14H2,(H,20,21);1H. The second-order valence-electron chi connectivity index (χ2n) is 8.77. The average molecular weight is 495 g/mol. The zero-order valence-corrected chi connectivity index (χ0v) is 18.9. The molecule has 2 saturated heterocycles. The Labute approximate surface area is 175 Å². The molecule has 5 nitrogen and oxygen atoms in total. The van der Waals surface area contributed by atoms with Gasteiger partial charge in [0.1, 0.15) is 0 Å².